The summed E-state index contributed by atoms with van der Waals surface area (Å²) in [6.07, 6.45) is 10.2. The van der Waals surface area contributed by atoms with Crippen LogP contribution in [0.25, 0.3) is 0 Å². The second kappa shape index (κ2) is 5.91. The summed E-state index contributed by atoms with van der Waals surface area (Å²) in [7, 11) is 0. The van der Waals surface area contributed by atoms with Gasteiger partial charge in [0.2, 0.25) is 0 Å². The maximum atomic E-state index is 15.0. The largest absolute Gasteiger partial charge is 0.393 e. The Labute approximate surface area is 157 Å². The third kappa shape index (κ3) is 2.57. The summed E-state index contributed by atoms with van der Waals surface area (Å²) >= 11 is 0. The van der Waals surface area contributed by atoms with E-state index in [0.29, 0.717) is 17.8 Å². The van der Waals surface area contributed by atoms with E-state index in [1.165, 1.54) is 5.57 Å². The summed E-state index contributed by atoms with van der Waals surface area (Å²) in [6, 6.07) is 0. The zero-order valence-electron chi connectivity index (χ0n) is 16.8. The molecule has 0 spiro atoms. The van der Waals surface area contributed by atoms with Gasteiger partial charge in [-0.15, -0.1) is 0 Å². The average molecular weight is 363 g/mol. The lowest BCUT2D eigenvalue weighted by Crippen LogP contribution is -2.49. The minimum atomic E-state index is -1.37. The van der Waals surface area contributed by atoms with Crippen LogP contribution in [0.15, 0.2) is 23.0 Å². The second-order valence-corrected chi connectivity index (χ2v) is 10.5. The van der Waals surface area contributed by atoms with Crippen LogP contribution in [-0.2, 0) is 0 Å². The molecule has 146 valence electrons. The normalized spacial score (nSPS) is 47.6. The molecule has 0 amide bonds. The molecule has 26 heavy (non-hydrogen) atoms. The molecule has 0 bridgehead atoms. The highest BCUT2D eigenvalue weighted by molar-refractivity contribution is 5.32. The highest BCUT2D eigenvalue weighted by atomic mass is 19.1. The molecular weight excluding hydrogens is 327 g/mol. The predicted octanol–water partition coefficient (Wildman–Crippen LogP) is 5.30. The number of aliphatic hydroxyl groups excluding tert-OH is 1. The van der Waals surface area contributed by atoms with Gasteiger partial charge in [-0.3, -0.25) is 0 Å². The summed E-state index contributed by atoms with van der Waals surface area (Å²) in [5.41, 5.74) is 1.14. The molecule has 0 aromatic rings. The van der Waals surface area contributed by atoms with Crippen LogP contribution < -0.4 is 0 Å². The van der Waals surface area contributed by atoms with Crippen LogP contribution in [0.1, 0.15) is 79.1 Å². The van der Waals surface area contributed by atoms with Crippen molar-refractivity contribution >= 4 is 0 Å². The van der Waals surface area contributed by atoms with Gasteiger partial charge >= 0.3 is 0 Å². The maximum absolute atomic E-state index is 15.0. The van der Waals surface area contributed by atoms with Crippen molar-refractivity contribution in [2.75, 3.05) is 0 Å². The van der Waals surface area contributed by atoms with Gasteiger partial charge < -0.3 is 10.2 Å². The standard InChI is InChI=1S/C23H35FO2/c1-21(2,26)20(24)19-8-7-17-16-6-5-14-13-15(25)9-11-22(14,3)18(16)10-12-23(17,19)4/h5,15-18,25-26H,6-13H2,1-4H3/t15-,16?,17?,18?,22-,23-/m0/s1. The Morgan fingerprint density at radius 1 is 1.12 bits per heavy atom. The van der Waals surface area contributed by atoms with Gasteiger partial charge in [-0.05, 0) is 99.4 Å². The monoisotopic (exact) mass is 362 g/mol. The number of allylic oxidation sites excluding steroid dienone is 2. The van der Waals surface area contributed by atoms with Crippen molar-refractivity contribution in [2.24, 2.45) is 28.6 Å². The topological polar surface area (TPSA) is 40.5 Å². The Bertz CT molecular complexity index is 658. The van der Waals surface area contributed by atoms with Crippen molar-refractivity contribution < 1.29 is 14.6 Å². The Kier molecular flexibility index (Phi) is 4.25. The van der Waals surface area contributed by atoms with Gasteiger partial charge in [0.05, 0.1) is 6.10 Å². The van der Waals surface area contributed by atoms with E-state index in [9.17, 15) is 10.2 Å². The van der Waals surface area contributed by atoms with E-state index in [4.69, 9.17) is 0 Å². The minimum absolute atomic E-state index is 0.0961. The average Bonchev–Trinajstić information content (AvgIpc) is 2.91. The van der Waals surface area contributed by atoms with Crippen LogP contribution >= 0.6 is 0 Å². The minimum Gasteiger partial charge on any atom is -0.393 e. The van der Waals surface area contributed by atoms with Crippen molar-refractivity contribution in [3.63, 3.8) is 0 Å². The molecule has 0 heterocycles. The van der Waals surface area contributed by atoms with E-state index >= 15 is 4.39 Å². The van der Waals surface area contributed by atoms with Gasteiger partial charge in [0.25, 0.3) is 0 Å². The number of rotatable bonds is 1. The number of halogens is 1. The first-order chi connectivity index (χ1) is 12.1. The molecule has 4 aliphatic rings. The molecule has 0 radical (unpaired) electrons. The SMILES string of the molecule is CC(C)(O)C(F)=C1CCC2C3CC=C4C[C@@H](O)CC[C@]4(C)C3CC[C@]12C. The molecule has 3 heteroatoms. The van der Waals surface area contributed by atoms with Gasteiger partial charge in [-0.2, -0.15) is 0 Å². The fraction of sp³-hybridized carbons (Fsp3) is 0.826. The Morgan fingerprint density at radius 2 is 1.77 bits per heavy atom. The molecule has 3 fully saturated rings. The molecule has 4 rings (SSSR count). The molecule has 4 aliphatic carbocycles. The molecule has 0 aromatic heterocycles. The summed E-state index contributed by atoms with van der Waals surface area (Å²) in [5.74, 6) is 1.52. The Morgan fingerprint density at radius 3 is 2.46 bits per heavy atom. The molecule has 2 N–H and O–H groups in total. The van der Waals surface area contributed by atoms with E-state index in [2.05, 4.69) is 19.9 Å². The van der Waals surface area contributed by atoms with Crippen molar-refractivity contribution in [1.82, 2.24) is 0 Å². The van der Waals surface area contributed by atoms with E-state index in [1.54, 1.807) is 13.8 Å². The molecule has 3 unspecified atom stereocenters. The van der Waals surface area contributed by atoms with Crippen LogP contribution in [0.3, 0.4) is 0 Å². The molecule has 0 aromatic carbocycles. The van der Waals surface area contributed by atoms with Gasteiger partial charge in [0.1, 0.15) is 11.4 Å². The van der Waals surface area contributed by atoms with Crippen molar-refractivity contribution in [3.05, 3.63) is 23.0 Å². The predicted molar refractivity (Wildman–Crippen MR) is 102 cm³/mol. The van der Waals surface area contributed by atoms with Gasteiger partial charge in [-0.1, -0.05) is 25.5 Å². The maximum Gasteiger partial charge on any atom is 0.131 e. The van der Waals surface area contributed by atoms with Crippen molar-refractivity contribution in [1.29, 1.82) is 0 Å². The van der Waals surface area contributed by atoms with Gasteiger partial charge in [0.15, 0.2) is 0 Å². The van der Waals surface area contributed by atoms with E-state index in [0.717, 1.165) is 56.9 Å². The van der Waals surface area contributed by atoms with Crippen LogP contribution in [0.2, 0.25) is 0 Å². The molecule has 0 aliphatic heterocycles. The van der Waals surface area contributed by atoms with Crippen LogP contribution in [0.4, 0.5) is 4.39 Å². The van der Waals surface area contributed by atoms with Crippen molar-refractivity contribution in [2.45, 2.75) is 90.8 Å². The first kappa shape index (κ1) is 18.7. The Balaban J connectivity index is 1.68. The first-order valence-electron chi connectivity index (χ1n) is 10.6. The highest BCUT2D eigenvalue weighted by Crippen LogP contribution is 2.66. The highest BCUT2D eigenvalue weighted by Gasteiger charge is 2.58. The van der Waals surface area contributed by atoms with E-state index in [1.807, 2.05) is 0 Å². The quantitative estimate of drug-likeness (QED) is 0.621. The van der Waals surface area contributed by atoms with Crippen LogP contribution in [0.5, 0.6) is 0 Å². The fourth-order valence-corrected chi connectivity index (χ4v) is 7.18. The lowest BCUT2D eigenvalue weighted by atomic mass is 9.47. The second-order valence-electron chi connectivity index (χ2n) is 10.5. The van der Waals surface area contributed by atoms with E-state index < -0.39 is 5.60 Å². The van der Waals surface area contributed by atoms with E-state index in [-0.39, 0.29) is 22.8 Å². The third-order valence-electron chi connectivity index (χ3n) is 8.66. The number of fused-ring (bicyclic) bond motifs is 5. The lowest BCUT2D eigenvalue weighted by molar-refractivity contribution is -0.0283. The summed E-state index contributed by atoms with van der Waals surface area (Å²) in [5, 5.41) is 20.3. The summed E-state index contributed by atoms with van der Waals surface area (Å²) in [4.78, 5) is 0. The smallest absolute Gasteiger partial charge is 0.131 e. The molecule has 3 saturated carbocycles. The van der Waals surface area contributed by atoms with Crippen LogP contribution in [-0.4, -0.2) is 21.9 Å². The number of hydrogen-bond donors (Lipinski definition) is 2. The molecular formula is C23H35FO2. The van der Waals surface area contributed by atoms with Gasteiger partial charge in [-0.25, -0.2) is 4.39 Å². The zero-order valence-corrected chi connectivity index (χ0v) is 16.8. The zero-order chi connectivity index (χ0) is 18.9. The molecule has 0 saturated heterocycles. The van der Waals surface area contributed by atoms with Crippen molar-refractivity contribution in [3.8, 4) is 0 Å². The lowest BCUT2D eigenvalue weighted by Gasteiger charge is -2.57. The fourth-order valence-electron chi connectivity index (χ4n) is 7.18. The van der Waals surface area contributed by atoms with Gasteiger partial charge in [0, 0.05) is 0 Å². The third-order valence-corrected chi connectivity index (χ3v) is 8.66. The molecule has 6 atom stereocenters. The summed E-state index contributed by atoms with van der Waals surface area (Å²) in [6.45, 7) is 7.82. The summed E-state index contributed by atoms with van der Waals surface area (Å²) < 4.78 is 15.0. The number of hydrogen-bond acceptors (Lipinski definition) is 2. The molecule has 2 nitrogen and oxygen atoms in total. The number of aliphatic hydroxyl groups is 2. The Hall–Kier alpha value is -0.670. The van der Waals surface area contributed by atoms with Crippen LogP contribution in [0, 0.1) is 28.6 Å². The first-order valence-corrected chi connectivity index (χ1v) is 10.6.